The average Bonchev–Trinajstić information content (AvgIpc) is 2.72. The van der Waals surface area contributed by atoms with Crippen molar-refractivity contribution in [3.63, 3.8) is 0 Å². The Morgan fingerprint density at radius 3 is 2.62 bits per heavy atom. The third kappa shape index (κ3) is 5.63. The molecule has 0 bridgehead atoms. The average molecular weight is 404 g/mol. The first-order valence-corrected chi connectivity index (χ1v) is 10.7. The molecule has 7 heteroatoms. The highest BCUT2D eigenvalue weighted by molar-refractivity contribution is 5.82. The molecule has 29 heavy (non-hydrogen) atoms. The Morgan fingerprint density at radius 1 is 1.21 bits per heavy atom. The first-order chi connectivity index (χ1) is 14.0. The third-order valence-corrected chi connectivity index (χ3v) is 6.20. The summed E-state index contributed by atoms with van der Waals surface area (Å²) in [6.07, 6.45) is 4.67. The fourth-order valence-corrected chi connectivity index (χ4v) is 4.64. The number of aryl methyl sites for hydroxylation is 1. The molecule has 2 aliphatic rings. The van der Waals surface area contributed by atoms with E-state index in [9.17, 15) is 9.59 Å². The van der Waals surface area contributed by atoms with Crippen LogP contribution in [0.1, 0.15) is 43.7 Å². The van der Waals surface area contributed by atoms with Gasteiger partial charge in [0.1, 0.15) is 5.75 Å². The molecule has 1 aromatic carbocycles. The fourth-order valence-electron chi connectivity index (χ4n) is 4.64. The quantitative estimate of drug-likeness (QED) is 0.738. The van der Waals surface area contributed by atoms with E-state index < -0.39 is 12.2 Å². The minimum absolute atomic E-state index is 0.547. The molecule has 0 aromatic heterocycles. The predicted molar refractivity (Wildman–Crippen MR) is 111 cm³/mol. The molecule has 2 amide bonds. The second kappa shape index (κ2) is 9.96. The van der Waals surface area contributed by atoms with Gasteiger partial charge in [-0.25, -0.2) is 9.59 Å². The lowest BCUT2D eigenvalue weighted by Crippen LogP contribution is -2.46. The van der Waals surface area contributed by atoms with Gasteiger partial charge in [-0.15, -0.1) is 0 Å². The van der Waals surface area contributed by atoms with Crippen LogP contribution in [0, 0.1) is 5.92 Å². The Bertz CT molecular complexity index is 716. The minimum Gasteiger partial charge on any atom is -0.497 e. The molecule has 1 atom stereocenters. The number of benzene rings is 1. The fraction of sp³-hybridized carbons (Fsp3) is 0.636. The number of carbonyl (C=O) groups excluding carboxylic acids is 2. The highest BCUT2D eigenvalue weighted by Crippen LogP contribution is 2.29. The van der Waals surface area contributed by atoms with Gasteiger partial charge in [-0.1, -0.05) is 13.0 Å². The number of nitrogens with zero attached hydrogens (tertiary/aromatic N) is 2. The topological polar surface area (TPSA) is 85.1 Å². The molecule has 7 nitrogen and oxygen atoms in total. The van der Waals surface area contributed by atoms with Crippen molar-refractivity contribution in [3.05, 3.63) is 29.3 Å². The van der Waals surface area contributed by atoms with Crippen LogP contribution in [0.3, 0.4) is 0 Å². The number of methoxy groups -OCH3 is 1. The molecule has 0 spiro atoms. The Labute approximate surface area is 173 Å². The summed E-state index contributed by atoms with van der Waals surface area (Å²) in [7, 11) is 1.72. The van der Waals surface area contributed by atoms with E-state index in [1.807, 2.05) is 0 Å². The molecular formula is C22H33N3O4. The van der Waals surface area contributed by atoms with Gasteiger partial charge in [-0.2, -0.15) is 0 Å². The normalized spacial score (nSPS) is 19.7. The maximum absolute atomic E-state index is 11.8. The van der Waals surface area contributed by atoms with Gasteiger partial charge in [-0.3, -0.25) is 4.90 Å². The van der Waals surface area contributed by atoms with Crippen molar-refractivity contribution in [1.29, 1.82) is 0 Å². The summed E-state index contributed by atoms with van der Waals surface area (Å²) in [5, 5.41) is 0. The third-order valence-electron chi connectivity index (χ3n) is 6.20. The second-order valence-corrected chi connectivity index (χ2v) is 8.14. The molecular weight excluding hydrogens is 370 g/mol. The van der Waals surface area contributed by atoms with Crippen LogP contribution in [0.4, 0.5) is 9.59 Å². The van der Waals surface area contributed by atoms with Crippen molar-refractivity contribution in [1.82, 2.24) is 9.80 Å². The largest absolute Gasteiger partial charge is 0.497 e. The van der Waals surface area contributed by atoms with Crippen LogP contribution in [-0.2, 0) is 17.6 Å². The van der Waals surface area contributed by atoms with E-state index in [2.05, 4.69) is 34.8 Å². The molecule has 1 heterocycles. The molecule has 1 aliphatic heterocycles. The van der Waals surface area contributed by atoms with Gasteiger partial charge in [0.05, 0.1) is 7.11 Å². The molecule has 0 saturated carbocycles. The number of likely N-dealkylation sites (tertiary alicyclic amines) is 1. The number of hydrogen-bond acceptors (Lipinski definition) is 5. The standard InChI is InChI=1S/C22H33N3O4/c1-3-10-25(15-16-8-11-24(12-9-16)22(27)29-21(23)26)19-6-4-17-5-7-20(28-2)14-18(17)13-19/h5,7,14,16,19H,3-4,6,8-13,15H2,1-2H3,(H2,23,26). The highest BCUT2D eigenvalue weighted by Gasteiger charge is 2.29. The number of ether oxygens (including phenoxy) is 2. The molecule has 0 radical (unpaired) electrons. The maximum Gasteiger partial charge on any atom is 0.418 e. The molecule has 1 aliphatic carbocycles. The van der Waals surface area contributed by atoms with Crippen LogP contribution < -0.4 is 10.5 Å². The summed E-state index contributed by atoms with van der Waals surface area (Å²) >= 11 is 0. The monoisotopic (exact) mass is 403 g/mol. The zero-order valence-electron chi connectivity index (χ0n) is 17.6. The van der Waals surface area contributed by atoms with Crippen molar-refractivity contribution in [2.24, 2.45) is 11.7 Å². The SMILES string of the molecule is CCCN(CC1CCN(C(=O)OC(N)=O)CC1)C1CCc2ccc(OC)cc2C1. The first kappa shape index (κ1) is 21.4. The van der Waals surface area contributed by atoms with E-state index in [-0.39, 0.29) is 0 Å². The van der Waals surface area contributed by atoms with Crippen molar-refractivity contribution >= 4 is 12.2 Å². The van der Waals surface area contributed by atoms with Crippen LogP contribution in [0.15, 0.2) is 18.2 Å². The lowest BCUT2D eigenvalue weighted by Gasteiger charge is -2.39. The Morgan fingerprint density at radius 2 is 1.97 bits per heavy atom. The number of fused-ring (bicyclic) bond motifs is 1. The van der Waals surface area contributed by atoms with Gasteiger partial charge in [-0.05, 0) is 74.2 Å². The predicted octanol–water partition coefficient (Wildman–Crippen LogP) is 3.19. The highest BCUT2D eigenvalue weighted by atomic mass is 16.6. The number of carbonyl (C=O) groups is 2. The van der Waals surface area contributed by atoms with Gasteiger partial charge in [0, 0.05) is 25.7 Å². The molecule has 160 valence electrons. The number of primary amides is 1. The lowest BCUT2D eigenvalue weighted by atomic mass is 9.86. The van der Waals surface area contributed by atoms with E-state index in [1.54, 1.807) is 12.0 Å². The second-order valence-electron chi connectivity index (χ2n) is 8.14. The molecule has 1 aromatic rings. The van der Waals surface area contributed by atoms with Crippen molar-refractivity contribution < 1.29 is 19.1 Å². The lowest BCUT2D eigenvalue weighted by molar-refractivity contribution is 0.0906. The van der Waals surface area contributed by atoms with Crippen LogP contribution in [0.5, 0.6) is 5.75 Å². The number of piperidine rings is 1. The van der Waals surface area contributed by atoms with Gasteiger partial charge in [0.2, 0.25) is 0 Å². The van der Waals surface area contributed by atoms with Crippen molar-refractivity contribution in [2.75, 3.05) is 33.3 Å². The molecule has 3 rings (SSSR count). The molecule has 1 unspecified atom stereocenters. The minimum atomic E-state index is -1.04. The van der Waals surface area contributed by atoms with Crippen molar-refractivity contribution in [2.45, 2.75) is 51.5 Å². The smallest absolute Gasteiger partial charge is 0.418 e. The van der Waals surface area contributed by atoms with Gasteiger partial charge in [0.25, 0.3) is 0 Å². The summed E-state index contributed by atoms with van der Waals surface area (Å²) in [6, 6.07) is 7.00. The molecule has 1 fully saturated rings. The zero-order valence-corrected chi connectivity index (χ0v) is 17.6. The van der Waals surface area contributed by atoms with Gasteiger partial charge >= 0.3 is 12.2 Å². The summed E-state index contributed by atoms with van der Waals surface area (Å²) in [6.45, 7) is 5.60. The van der Waals surface area contributed by atoms with E-state index >= 15 is 0 Å². The van der Waals surface area contributed by atoms with Crippen LogP contribution in [-0.4, -0.2) is 61.3 Å². The van der Waals surface area contributed by atoms with E-state index in [1.165, 1.54) is 17.5 Å². The van der Waals surface area contributed by atoms with Crippen LogP contribution >= 0.6 is 0 Å². The summed E-state index contributed by atoms with van der Waals surface area (Å²) in [5.41, 5.74) is 7.79. The Balaban J connectivity index is 1.57. The summed E-state index contributed by atoms with van der Waals surface area (Å²) in [5.74, 6) is 1.48. The molecule has 1 saturated heterocycles. The summed E-state index contributed by atoms with van der Waals surface area (Å²) in [4.78, 5) is 26.8. The summed E-state index contributed by atoms with van der Waals surface area (Å²) < 4.78 is 9.91. The number of nitrogens with two attached hydrogens (primary N) is 1. The molecule has 2 N–H and O–H groups in total. The zero-order chi connectivity index (χ0) is 20.8. The Hall–Kier alpha value is -2.28. The van der Waals surface area contributed by atoms with Gasteiger partial charge in [0.15, 0.2) is 0 Å². The van der Waals surface area contributed by atoms with E-state index in [4.69, 9.17) is 10.5 Å². The number of rotatable bonds is 6. The van der Waals surface area contributed by atoms with Crippen molar-refractivity contribution in [3.8, 4) is 5.75 Å². The van der Waals surface area contributed by atoms with E-state index in [0.717, 1.165) is 50.9 Å². The first-order valence-electron chi connectivity index (χ1n) is 10.7. The van der Waals surface area contributed by atoms with E-state index in [0.29, 0.717) is 25.0 Å². The maximum atomic E-state index is 11.8. The van der Waals surface area contributed by atoms with Crippen LogP contribution in [0.2, 0.25) is 0 Å². The Kier molecular flexibility index (Phi) is 7.36. The number of amides is 2. The number of hydrogen-bond donors (Lipinski definition) is 1. The van der Waals surface area contributed by atoms with Crippen LogP contribution in [0.25, 0.3) is 0 Å². The van der Waals surface area contributed by atoms with Gasteiger partial charge < -0.3 is 20.1 Å².